The van der Waals surface area contributed by atoms with Gasteiger partial charge in [-0.2, -0.15) is 0 Å². The van der Waals surface area contributed by atoms with Crippen LogP contribution in [0.15, 0.2) is 71.7 Å². The molecule has 2 nitrogen and oxygen atoms in total. The highest BCUT2D eigenvalue weighted by molar-refractivity contribution is 7.11. The fourth-order valence-electron chi connectivity index (χ4n) is 3.74. The lowest BCUT2D eigenvalue weighted by molar-refractivity contribution is 1.13. The van der Waals surface area contributed by atoms with Crippen LogP contribution in [0, 0.1) is 0 Å². The van der Waals surface area contributed by atoms with Gasteiger partial charge in [-0.15, -0.1) is 0 Å². The normalized spacial score (nSPS) is 18.0. The van der Waals surface area contributed by atoms with Crippen molar-refractivity contribution in [1.82, 2.24) is 0 Å². The van der Waals surface area contributed by atoms with Crippen molar-refractivity contribution in [3.05, 3.63) is 77.3 Å². The molecule has 0 radical (unpaired) electrons. The number of fused-ring (bicyclic) bond motifs is 2. The second-order valence-corrected chi connectivity index (χ2v) is 11.0. The molecule has 3 aromatic rings. The van der Waals surface area contributed by atoms with E-state index in [0.29, 0.717) is 0 Å². The highest BCUT2D eigenvalue weighted by Crippen LogP contribution is 2.22. The van der Waals surface area contributed by atoms with Crippen LogP contribution in [0.2, 0.25) is 6.55 Å². The van der Waals surface area contributed by atoms with E-state index < -0.39 is 8.07 Å². The largest absolute Gasteiger partial charge is 0.378 e. The van der Waals surface area contributed by atoms with Crippen molar-refractivity contribution in [3.63, 3.8) is 0 Å². The molecule has 0 spiro atoms. The maximum Gasteiger partial charge on any atom is 0.151 e. The molecule has 0 fully saturated rings. The van der Waals surface area contributed by atoms with Crippen molar-refractivity contribution in [2.75, 3.05) is 19.0 Å². The Morgan fingerprint density at radius 3 is 2.36 bits per heavy atom. The summed E-state index contributed by atoms with van der Waals surface area (Å²) < 4.78 is 0. The minimum Gasteiger partial charge on any atom is -0.378 e. The van der Waals surface area contributed by atoms with E-state index in [1.165, 1.54) is 21.2 Å². The standard InChI is InChI=1S/C22H22N2Si/c1-16-10-12-19-21(14-16)25(4,18-8-6-5-7-9-18)22-15-17(24(2)3)11-13-20(22)23-19/h5-15H,1H2,2-4H3. The minimum absolute atomic E-state index is 1.05. The molecule has 3 heteroatoms. The van der Waals surface area contributed by atoms with Crippen LogP contribution in [0.1, 0.15) is 0 Å². The molecule has 1 aliphatic heterocycles. The lowest BCUT2D eigenvalue weighted by atomic mass is 10.2. The summed E-state index contributed by atoms with van der Waals surface area (Å²) in [6.07, 6.45) is 0. The molecular formula is C22H22N2Si. The van der Waals surface area contributed by atoms with Gasteiger partial charge in [0.25, 0.3) is 0 Å². The SMILES string of the molecule is C=c1ccc2c(c1)[Si](C)(c1ccccc1)c1cc(N(C)C)ccc1N=2. The molecule has 3 aromatic carbocycles. The highest BCUT2D eigenvalue weighted by atomic mass is 28.3. The third-order valence-corrected chi connectivity index (χ3v) is 9.67. The van der Waals surface area contributed by atoms with Crippen LogP contribution in [0.3, 0.4) is 0 Å². The first-order valence-corrected chi connectivity index (χ1v) is 11.1. The Hall–Kier alpha value is -2.65. The molecule has 1 atom stereocenters. The van der Waals surface area contributed by atoms with Gasteiger partial charge in [-0.1, -0.05) is 55.6 Å². The van der Waals surface area contributed by atoms with E-state index >= 15 is 0 Å². The van der Waals surface area contributed by atoms with Gasteiger partial charge in [-0.05, 0) is 45.0 Å². The number of hydrogen-bond acceptors (Lipinski definition) is 2. The maximum absolute atomic E-state index is 4.96. The molecule has 25 heavy (non-hydrogen) atoms. The zero-order chi connectivity index (χ0) is 17.6. The van der Waals surface area contributed by atoms with Crippen LogP contribution in [0.25, 0.3) is 6.58 Å². The summed E-state index contributed by atoms with van der Waals surface area (Å²) >= 11 is 0. The lowest BCUT2D eigenvalue weighted by Crippen LogP contribution is -2.70. The minimum atomic E-state index is -2.12. The number of rotatable bonds is 2. The molecule has 1 unspecified atom stereocenters. The molecule has 124 valence electrons. The topological polar surface area (TPSA) is 15.6 Å². The van der Waals surface area contributed by atoms with Gasteiger partial charge in [0.1, 0.15) is 0 Å². The van der Waals surface area contributed by atoms with Crippen LogP contribution >= 0.6 is 0 Å². The van der Waals surface area contributed by atoms with Crippen LogP contribution in [0.5, 0.6) is 0 Å². The Balaban J connectivity index is 2.12. The molecular weight excluding hydrogens is 320 g/mol. The Labute approximate surface area is 149 Å². The summed E-state index contributed by atoms with van der Waals surface area (Å²) in [7, 11) is 2.05. The molecule has 1 aliphatic rings. The quantitative estimate of drug-likeness (QED) is 0.645. The lowest BCUT2D eigenvalue weighted by Gasteiger charge is -2.34. The molecule has 0 aliphatic carbocycles. The molecule has 0 N–H and O–H groups in total. The van der Waals surface area contributed by atoms with Crippen molar-refractivity contribution >= 4 is 41.6 Å². The second kappa shape index (κ2) is 5.71. The van der Waals surface area contributed by atoms with Crippen molar-refractivity contribution < 1.29 is 0 Å². The maximum atomic E-state index is 4.96. The van der Waals surface area contributed by atoms with E-state index in [2.05, 4.69) is 98.9 Å². The van der Waals surface area contributed by atoms with Gasteiger partial charge in [0.15, 0.2) is 8.07 Å². The number of anilines is 1. The predicted molar refractivity (Wildman–Crippen MR) is 110 cm³/mol. The van der Waals surface area contributed by atoms with Crippen LogP contribution < -0.4 is 31.0 Å². The van der Waals surface area contributed by atoms with Gasteiger partial charge in [-0.3, -0.25) is 0 Å². The first kappa shape index (κ1) is 15.9. The van der Waals surface area contributed by atoms with E-state index in [1.807, 2.05) is 0 Å². The summed E-state index contributed by atoms with van der Waals surface area (Å²) in [6, 6.07) is 24.0. The van der Waals surface area contributed by atoms with Crippen molar-refractivity contribution in [1.29, 1.82) is 0 Å². The zero-order valence-electron chi connectivity index (χ0n) is 15.0. The summed E-state index contributed by atoms with van der Waals surface area (Å²) in [4.78, 5) is 7.12. The Bertz CT molecular complexity index is 1060. The fraction of sp³-hybridized carbons (Fsp3) is 0.136. The van der Waals surface area contributed by atoms with Crippen LogP contribution in [-0.4, -0.2) is 22.2 Å². The molecule has 4 rings (SSSR count). The molecule has 0 saturated heterocycles. The predicted octanol–water partition coefficient (Wildman–Crippen LogP) is 1.53. The molecule has 0 amide bonds. The number of benzene rings is 3. The number of nitrogens with zero attached hydrogens (tertiary/aromatic N) is 2. The monoisotopic (exact) mass is 342 g/mol. The Morgan fingerprint density at radius 2 is 1.64 bits per heavy atom. The van der Waals surface area contributed by atoms with Crippen molar-refractivity contribution in [2.45, 2.75) is 6.55 Å². The van der Waals surface area contributed by atoms with Crippen molar-refractivity contribution in [2.24, 2.45) is 4.99 Å². The van der Waals surface area contributed by atoms with Gasteiger partial charge < -0.3 is 4.90 Å². The van der Waals surface area contributed by atoms with Gasteiger partial charge in [0.05, 0.1) is 11.0 Å². The molecule has 1 heterocycles. The first-order valence-electron chi connectivity index (χ1n) is 8.56. The van der Waals surface area contributed by atoms with E-state index in [0.717, 1.165) is 16.3 Å². The average Bonchev–Trinajstić information content (AvgIpc) is 2.63. The van der Waals surface area contributed by atoms with Gasteiger partial charge in [0, 0.05) is 19.8 Å². The summed E-state index contributed by atoms with van der Waals surface area (Å²) in [6.45, 7) is 6.60. The van der Waals surface area contributed by atoms with Crippen molar-refractivity contribution in [3.8, 4) is 0 Å². The van der Waals surface area contributed by atoms with Gasteiger partial charge in [-0.25, -0.2) is 4.99 Å². The third kappa shape index (κ3) is 2.43. The smallest absolute Gasteiger partial charge is 0.151 e. The fourth-order valence-corrected chi connectivity index (χ4v) is 7.72. The number of hydrogen-bond donors (Lipinski definition) is 0. The summed E-state index contributed by atoms with van der Waals surface area (Å²) in [5, 5.41) is 6.29. The zero-order valence-corrected chi connectivity index (χ0v) is 16.0. The first-order chi connectivity index (χ1) is 12.0. The van der Waals surface area contributed by atoms with Crippen LogP contribution in [-0.2, 0) is 0 Å². The summed E-state index contributed by atoms with van der Waals surface area (Å²) in [5.74, 6) is 0. The van der Waals surface area contributed by atoms with Gasteiger partial charge >= 0.3 is 0 Å². The van der Waals surface area contributed by atoms with E-state index in [9.17, 15) is 0 Å². The summed E-state index contributed by atoms with van der Waals surface area (Å²) in [5.41, 5.74) is 2.32. The van der Waals surface area contributed by atoms with E-state index in [-0.39, 0.29) is 0 Å². The van der Waals surface area contributed by atoms with E-state index in [1.54, 1.807) is 0 Å². The Kier molecular flexibility index (Phi) is 3.62. The van der Waals surface area contributed by atoms with E-state index in [4.69, 9.17) is 4.99 Å². The van der Waals surface area contributed by atoms with Crippen LogP contribution in [0.4, 0.5) is 11.4 Å². The molecule has 0 bridgehead atoms. The van der Waals surface area contributed by atoms with Gasteiger partial charge in [0.2, 0.25) is 0 Å². The molecule has 0 saturated carbocycles. The second-order valence-electron chi connectivity index (χ2n) is 7.05. The average molecular weight is 343 g/mol. The molecule has 0 aromatic heterocycles. The third-order valence-electron chi connectivity index (χ3n) is 5.23. The highest BCUT2D eigenvalue weighted by Gasteiger charge is 2.39. The Morgan fingerprint density at radius 1 is 0.880 bits per heavy atom.